The van der Waals surface area contributed by atoms with E-state index in [1.54, 1.807) is 0 Å². The fraction of sp³-hybridized carbons (Fsp3) is 0.538. The molecule has 1 aliphatic carbocycles. The van der Waals surface area contributed by atoms with Gasteiger partial charge in [-0.3, -0.25) is 0 Å². The molecule has 0 aromatic heterocycles. The summed E-state index contributed by atoms with van der Waals surface area (Å²) in [5.74, 6) is 1.32. The molecule has 0 spiro atoms. The predicted octanol–water partition coefficient (Wildman–Crippen LogP) is 2.84. The fourth-order valence-electron chi connectivity index (χ4n) is 2.64. The van der Waals surface area contributed by atoms with Crippen LogP contribution in [0.4, 0.5) is 0 Å². The van der Waals surface area contributed by atoms with Crippen molar-refractivity contribution in [1.29, 1.82) is 0 Å². The highest BCUT2D eigenvalue weighted by atomic mass is 14.7. The first kappa shape index (κ1) is 9.72. The van der Waals surface area contributed by atoms with Crippen molar-refractivity contribution in [3.8, 4) is 0 Å². The Morgan fingerprint density at radius 1 is 1.21 bits per heavy atom. The summed E-state index contributed by atoms with van der Waals surface area (Å²) >= 11 is 0. The third-order valence-corrected chi connectivity index (χ3v) is 3.71. The monoisotopic (exact) mass is 189 g/mol. The van der Waals surface area contributed by atoms with E-state index in [1.807, 2.05) is 0 Å². The van der Waals surface area contributed by atoms with Crippen LogP contribution in [-0.2, 0) is 0 Å². The van der Waals surface area contributed by atoms with Crippen LogP contribution in [-0.4, -0.2) is 6.04 Å². The summed E-state index contributed by atoms with van der Waals surface area (Å²) in [5, 5.41) is 0. The number of nitrogens with two attached hydrogens (primary N) is 1. The third kappa shape index (κ3) is 1.57. The van der Waals surface area contributed by atoms with Gasteiger partial charge in [-0.15, -0.1) is 0 Å². The van der Waals surface area contributed by atoms with Gasteiger partial charge in [-0.2, -0.15) is 0 Å². The van der Waals surface area contributed by atoms with E-state index in [9.17, 15) is 0 Å². The van der Waals surface area contributed by atoms with Gasteiger partial charge >= 0.3 is 0 Å². The molecule has 0 aliphatic heterocycles. The third-order valence-electron chi connectivity index (χ3n) is 3.71. The molecule has 0 bridgehead atoms. The van der Waals surface area contributed by atoms with Crippen LogP contribution >= 0.6 is 0 Å². The number of benzene rings is 1. The molecular weight excluding hydrogens is 170 g/mol. The second kappa shape index (κ2) is 3.74. The Bertz CT molecular complexity index is 319. The van der Waals surface area contributed by atoms with Gasteiger partial charge in [0.15, 0.2) is 0 Å². The number of rotatable bonds is 1. The molecule has 2 N–H and O–H groups in total. The maximum atomic E-state index is 6.06. The average Bonchev–Trinajstić information content (AvgIpc) is 2.49. The van der Waals surface area contributed by atoms with Crippen molar-refractivity contribution < 1.29 is 0 Å². The summed E-state index contributed by atoms with van der Waals surface area (Å²) < 4.78 is 0. The molecule has 14 heavy (non-hydrogen) atoms. The maximum absolute atomic E-state index is 6.06. The lowest BCUT2D eigenvalue weighted by atomic mass is 9.86. The van der Waals surface area contributed by atoms with Crippen molar-refractivity contribution in [3.63, 3.8) is 0 Å². The molecule has 0 amide bonds. The highest BCUT2D eigenvalue weighted by molar-refractivity contribution is 5.30. The summed E-state index contributed by atoms with van der Waals surface area (Å²) in [6, 6.07) is 9.11. The van der Waals surface area contributed by atoms with Crippen LogP contribution in [0.2, 0.25) is 0 Å². The Labute approximate surface area is 86.3 Å². The van der Waals surface area contributed by atoms with Gasteiger partial charge < -0.3 is 5.73 Å². The van der Waals surface area contributed by atoms with Gasteiger partial charge in [-0.25, -0.2) is 0 Å². The molecule has 1 fully saturated rings. The standard InChI is InChI=1S/C13H19N/c1-9-5-3-4-6-11(9)12-7-8-13(14)10(12)2/h3-6,10,12-13H,7-8,14H2,1-2H3. The molecule has 3 unspecified atom stereocenters. The van der Waals surface area contributed by atoms with E-state index in [2.05, 4.69) is 38.1 Å². The van der Waals surface area contributed by atoms with Crippen molar-refractivity contribution in [2.24, 2.45) is 11.7 Å². The van der Waals surface area contributed by atoms with Crippen molar-refractivity contribution in [2.45, 2.75) is 38.6 Å². The van der Waals surface area contributed by atoms with E-state index < -0.39 is 0 Å². The second-order valence-electron chi connectivity index (χ2n) is 4.56. The largest absolute Gasteiger partial charge is 0.327 e. The van der Waals surface area contributed by atoms with Crippen LogP contribution < -0.4 is 5.73 Å². The van der Waals surface area contributed by atoms with Gasteiger partial charge in [0.05, 0.1) is 0 Å². The summed E-state index contributed by atoms with van der Waals surface area (Å²) in [4.78, 5) is 0. The molecule has 1 heteroatoms. The van der Waals surface area contributed by atoms with Crippen molar-refractivity contribution in [1.82, 2.24) is 0 Å². The Kier molecular flexibility index (Phi) is 2.60. The van der Waals surface area contributed by atoms with E-state index in [4.69, 9.17) is 5.73 Å². The summed E-state index contributed by atoms with van der Waals surface area (Å²) in [5.41, 5.74) is 8.98. The van der Waals surface area contributed by atoms with Gasteiger partial charge in [0.1, 0.15) is 0 Å². The van der Waals surface area contributed by atoms with Gasteiger partial charge in [-0.1, -0.05) is 31.2 Å². The van der Waals surface area contributed by atoms with Crippen LogP contribution in [0.5, 0.6) is 0 Å². The normalized spacial score (nSPS) is 32.1. The topological polar surface area (TPSA) is 26.0 Å². The molecule has 1 saturated carbocycles. The maximum Gasteiger partial charge on any atom is 0.00705 e. The smallest absolute Gasteiger partial charge is 0.00705 e. The van der Waals surface area contributed by atoms with Gasteiger partial charge in [0, 0.05) is 6.04 Å². The highest BCUT2D eigenvalue weighted by Gasteiger charge is 2.31. The number of hydrogen-bond donors (Lipinski definition) is 1. The van der Waals surface area contributed by atoms with Gasteiger partial charge in [0.2, 0.25) is 0 Å². The van der Waals surface area contributed by atoms with Crippen molar-refractivity contribution in [2.75, 3.05) is 0 Å². The molecule has 76 valence electrons. The van der Waals surface area contributed by atoms with Crippen molar-refractivity contribution in [3.05, 3.63) is 35.4 Å². The SMILES string of the molecule is Cc1ccccc1C1CCC(N)C1C. The highest BCUT2D eigenvalue weighted by Crippen LogP contribution is 2.39. The van der Waals surface area contributed by atoms with Crippen LogP contribution in [0.25, 0.3) is 0 Å². The summed E-state index contributed by atoms with van der Waals surface area (Å²) in [7, 11) is 0. The lowest BCUT2D eigenvalue weighted by molar-refractivity contribution is 0.478. The molecule has 1 aromatic carbocycles. The first-order valence-corrected chi connectivity index (χ1v) is 5.51. The number of hydrogen-bond acceptors (Lipinski definition) is 1. The molecule has 1 aromatic rings. The quantitative estimate of drug-likeness (QED) is 0.722. The molecule has 0 saturated heterocycles. The Morgan fingerprint density at radius 3 is 2.50 bits per heavy atom. The minimum Gasteiger partial charge on any atom is -0.327 e. The summed E-state index contributed by atoms with van der Waals surface area (Å²) in [6.07, 6.45) is 2.44. The second-order valence-corrected chi connectivity index (χ2v) is 4.56. The minimum atomic E-state index is 0.402. The van der Waals surface area contributed by atoms with Crippen LogP contribution in [0, 0.1) is 12.8 Å². The first-order chi connectivity index (χ1) is 6.70. The Hall–Kier alpha value is -0.820. The molecule has 1 aliphatic rings. The van der Waals surface area contributed by atoms with Crippen LogP contribution in [0.3, 0.4) is 0 Å². The minimum absolute atomic E-state index is 0.402. The van der Waals surface area contributed by atoms with Gasteiger partial charge in [-0.05, 0) is 42.7 Å². The van der Waals surface area contributed by atoms with Gasteiger partial charge in [0.25, 0.3) is 0 Å². The summed E-state index contributed by atoms with van der Waals surface area (Å²) in [6.45, 7) is 4.49. The lowest BCUT2D eigenvalue weighted by Gasteiger charge is -2.20. The molecule has 0 radical (unpaired) electrons. The molecule has 2 rings (SSSR count). The predicted molar refractivity (Wildman–Crippen MR) is 60.3 cm³/mol. The van der Waals surface area contributed by atoms with E-state index in [-0.39, 0.29) is 0 Å². The molecule has 0 heterocycles. The lowest BCUT2D eigenvalue weighted by Crippen LogP contribution is -2.24. The average molecular weight is 189 g/mol. The van der Waals surface area contributed by atoms with Crippen LogP contribution in [0.15, 0.2) is 24.3 Å². The number of aryl methyl sites for hydroxylation is 1. The van der Waals surface area contributed by atoms with E-state index in [1.165, 1.54) is 24.0 Å². The zero-order valence-electron chi connectivity index (χ0n) is 9.03. The van der Waals surface area contributed by atoms with E-state index in [0.717, 1.165) is 0 Å². The first-order valence-electron chi connectivity index (χ1n) is 5.51. The molecular formula is C13H19N. The fourth-order valence-corrected chi connectivity index (χ4v) is 2.64. The Morgan fingerprint density at radius 2 is 1.93 bits per heavy atom. The zero-order chi connectivity index (χ0) is 10.1. The van der Waals surface area contributed by atoms with Crippen LogP contribution in [0.1, 0.15) is 36.8 Å². The molecule has 3 atom stereocenters. The molecule has 1 nitrogen and oxygen atoms in total. The Balaban J connectivity index is 2.28. The van der Waals surface area contributed by atoms with Crippen molar-refractivity contribution >= 4 is 0 Å². The zero-order valence-corrected chi connectivity index (χ0v) is 9.03. The van der Waals surface area contributed by atoms with E-state index in [0.29, 0.717) is 17.9 Å². The van der Waals surface area contributed by atoms with E-state index >= 15 is 0 Å².